The van der Waals surface area contributed by atoms with Crippen molar-refractivity contribution in [1.82, 2.24) is 14.6 Å². The van der Waals surface area contributed by atoms with E-state index in [1.807, 2.05) is 12.1 Å². The molecule has 0 N–H and O–H groups in total. The molecule has 2 aromatic heterocycles. The van der Waals surface area contributed by atoms with Gasteiger partial charge in [-0.05, 0) is 35.9 Å². The third-order valence-corrected chi connectivity index (χ3v) is 5.63. The molecule has 0 bridgehead atoms. The number of fused-ring (bicyclic) bond motifs is 1. The topological polar surface area (TPSA) is 47.3 Å². The van der Waals surface area contributed by atoms with Crippen molar-refractivity contribution < 1.29 is 0 Å². The number of nitrogens with zero attached hydrogens (tertiary/aromatic N) is 3. The van der Waals surface area contributed by atoms with Crippen LogP contribution in [0, 0.1) is 0 Å². The number of thiazole rings is 1. The summed E-state index contributed by atoms with van der Waals surface area (Å²) in [5.74, 6) is 0.427. The maximum Gasteiger partial charge on any atom is 0.276 e. The van der Waals surface area contributed by atoms with E-state index in [2.05, 4.69) is 10.2 Å². The van der Waals surface area contributed by atoms with Gasteiger partial charge in [-0.25, -0.2) is 4.40 Å². The number of aromatic nitrogens is 3. The van der Waals surface area contributed by atoms with Gasteiger partial charge in [0.1, 0.15) is 0 Å². The number of hydrogen-bond acceptors (Lipinski definition) is 4. The summed E-state index contributed by atoms with van der Waals surface area (Å²) in [6, 6.07) is 12.4. The lowest BCUT2D eigenvalue weighted by atomic mass is 10.2. The SMILES string of the molecule is O=c1/c(=C/c2ccc(Cl)c(Cl)c2)sc2nnc(-c3ccccc3Cl)n12. The largest absolute Gasteiger partial charge is 0.276 e. The molecule has 0 aliphatic rings. The molecule has 0 atom stereocenters. The van der Waals surface area contributed by atoms with E-state index in [1.54, 1.807) is 36.4 Å². The Morgan fingerprint density at radius 2 is 1.76 bits per heavy atom. The molecule has 0 spiro atoms. The lowest BCUT2D eigenvalue weighted by Gasteiger charge is -1.99. The number of rotatable bonds is 2. The number of hydrogen-bond donors (Lipinski definition) is 0. The highest BCUT2D eigenvalue weighted by Crippen LogP contribution is 2.26. The monoisotopic (exact) mass is 407 g/mol. The van der Waals surface area contributed by atoms with Gasteiger partial charge in [0, 0.05) is 5.56 Å². The summed E-state index contributed by atoms with van der Waals surface area (Å²) < 4.78 is 1.99. The molecule has 0 saturated heterocycles. The lowest BCUT2D eigenvalue weighted by molar-refractivity contribution is 1.09. The Morgan fingerprint density at radius 3 is 2.52 bits per heavy atom. The molecular formula is C17H8Cl3N3OS. The molecule has 124 valence electrons. The van der Waals surface area contributed by atoms with E-state index in [9.17, 15) is 4.79 Å². The molecule has 0 radical (unpaired) electrons. The predicted molar refractivity (Wildman–Crippen MR) is 103 cm³/mol. The second-order valence-electron chi connectivity index (χ2n) is 5.21. The van der Waals surface area contributed by atoms with Gasteiger partial charge in [-0.15, -0.1) is 10.2 Å². The summed E-state index contributed by atoms with van der Waals surface area (Å²) in [4.78, 5) is 13.3. The van der Waals surface area contributed by atoms with Crippen LogP contribution in [0.1, 0.15) is 5.56 Å². The minimum atomic E-state index is -0.203. The molecule has 0 amide bonds. The van der Waals surface area contributed by atoms with Crippen LogP contribution in [-0.4, -0.2) is 14.6 Å². The van der Waals surface area contributed by atoms with Crippen LogP contribution in [-0.2, 0) is 0 Å². The minimum absolute atomic E-state index is 0.203. The molecule has 0 saturated carbocycles. The van der Waals surface area contributed by atoms with Crippen molar-refractivity contribution in [3.63, 3.8) is 0 Å². The Morgan fingerprint density at radius 1 is 0.960 bits per heavy atom. The molecule has 4 nitrogen and oxygen atoms in total. The first-order valence-corrected chi connectivity index (χ1v) is 9.09. The molecule has 0 fully saturated rings. The van der Waals surface area contributed by atoms with Gasteiger partial charge in [0.25, 0.3) is 5.56 Å². The van der Waals surface area contributed by atoms with Gasteiger partial charge in [-0.3, -0.25) is 4.79 Å². The third kappa shape index (κ3) is 2.93. The van der Waals surface area contributed by atoms with Gasteiger partial charge in [0.15, 0.2) is 5.82 Å². The molecule has 4 rings (SSSR count). The molecule has 2 heterocycles. The zero-order valence-electron chi connectivity index (χ0n) is 12.4. The van der Waals surface area contributed by atoms with Gasteiger partial charge < -0.3 is 0 Å². The molecule has 0 aliphatic carbocycles. The molecule has 25 heavy (non-hydrogen) atoms. The van der Waals surface area contributed by atoms with Crippen LogP contribution in [0.4, 0.5) is 0 Å². The molecule has 8 heteroatoms. The summed E-state index contributed by atoms with van der Waals surface area (Å²) in [6.07, 6.45) is 1.75. The van der Waals surface area contributed by atoms with Crippen LogP contribution in [0.3, 0.4) is 0 Å². The highest BCUT2D eigenvalue weighted by molar-refractivity contribution is 7.15. The van der Waals surface area contributed by atoms with Crippen LogP contribution in [0.2, 0.25) is 15.1 Å². The first-order valence-electron chi connectivity index (χ1n) is 7.14. The van der Waals surface area contributed by atoms with Gasteiger partial charge in [0.05, 0.1) is 19.6 Å². The van der Waals surface area contributed by atoms with E-state index >= 15 is 0 Å². The average Bonchev–Trinajstić information content (AvgIpc) is 3.13. The fourth-order valence-corrected chi connectivity index (χ4v) is 3.87. The van der Waals surface area contributed by atoms with Crippen molar-refractivity contribution in [2.45, 2.75) is 0 Å². The van der Waals surface area contributed by atoms with E-state index in [0.717, 1.165) is 5.56 Å². The van der Waals surface area contributed by atoms with E-state index in [-0.39, 0.29) is 5.56 Å². The Balaban J connectivity index is 1.93. The number of halogens is 3. The van der Waals surface area contributed by atoms with E-state index in [1.165, 1.54) is 15.7 Å². The zero-order valence-corrected chi connectivity index (χ0v) is 15.5. The summed E-state index contributed by atoms with van der Waals surface area (Å²) in [6.45, 7) is 0. The highest BCUT2D eigenvalue weighted by atomic mass is 35.5. The Bertz CT molecular complexity index is 1220. The van der Waals surface area contributed by atoms with Crippen LogP contribution in [0.5, 0.6) is 0 Å². The van der Waals surface area contributed by atoms with Crippen molar-refractivity contribution >= 4 is 57.2 Å². The Labute approximate surface area is 160 Å². The van der Waals surface area contributed by atoms with E-state index in [4.69, 9.17) is 34.8 Å². The summed E-state index contributed by atoms with van der Waals surface area (Å²) >= 11 is 19.4. The first kappa shape index (κ1) is 16.5. The molecule has 0 aliphatic heterocycles. The maximum absolute atomic E-state index is 12.8. The molecule has 4 aromatic rings. The minimum Gasteiger partial charge on any atom is -0.267 e. The van der Waals surface area contributed by atoms with E-state index < -0.39 is 0 Å². The Kier molecular flexibility index (Phi) is 4.25. The average molecular weight is 409 g/mol. The fraction of sp³-hybridized carbons (Fsp3) is 0. The van der Waals surface area contributed by atoms with E-state index in [0.29, 0.717) is 35.9 Å². The Hall–Kier alpha value is -1.92. The summed E-state index contributed by atoms with van der Waals surface area (Å²) in [7, 11) is 0. The zero-order chi connectivity index (χ0) is 17.6. The van der Waals surface area contributed by atoms with Crippen LogP contribution in [0.15, 0.2) is 47.3 Å². The van der Waals surface area contributed by atoms with Crippen LogP contribution >= 0.6 is 46.1 Å². The quantitative estimate of drug-likeness (QED) is 0.496. The number of benzene rings is 2. The summed E-state index contributed by atoms with van der Waals surface area (Å²) in [5.41, 5.74) is 1.24. The molecular weight excluding hydrogens is 401 g/mol. The second kappa shape index (κ2) is 6.42. The van der Waals surface area contributed by atoms with Crippen molar-refractivity contribution in [2.75, 3.05) is 0 Å². The predicted octanol–water partition coefficient (Wildman–Crippen LogP) is 4.33. The lowest BCUT2D eigenvalue weighted by Crippen LogP contribution is -2.23. The van der Waals surface area contributed by atoms with Crippen LogP contribution < -0.4 is 10.1 Å². The normalized spacial score (nSPS) is 12.2. The van der Waals surface area contributed by atoms with Gasteiger partial charge >= 0.3 is 0 Å². The third-order valence-electron chi connectivity index (χ3n) is 3.60. The van der Waals surface area contributed by atoms with Crippen molar-refractivity contribution in [1.29, 1.82) is 0 Å². The van der Waals surface area contributed by atoms with Crippen LogP contribution in [0.25, 0.3) is 22.4 Å². The smallest absolute Gasteiger partial charge is 0.267 e. The first-order chi connectivity index (χ1) is 12.0. The van der Waals surface area contributed by atoms with Gasteiger partial charge in [0.2, 0.25) is 4.96 Å². The van der Waals surface area contributed by atoms with Crippen molar-refractivity contribution in [3.8, 4) is 11.4 Å². The fourth-order valence-electron chi connectivity index (χ4n) is 2.43. The molecule has 0 unspecified atom stereocenters. The second-order valence-corrected chi connectivity index (χ2v) is 7.44. The maximum atomic E-state index is 12.8. The molecule has 2 aromatic carbocycles. The van der Waals surface area contributed by atoms with Gasteiger partial charge in [-0.2, -0.15) is 0 Å². The van der Waals surface area contributed by atoms with Crippen molar-refractivity contribution in [3.05, 3.63) is 78.0 Å². The van der Waals surface area contributed by atoms with Crippen molar-refractivity contribution in [2.24, 2.45) is 0 Å². The standard InChI is InChI=1S/C17H8Cl3N3OS/c18-11-4-2-1-3-10(11)15-21-22-17-23(15)16(24)14(25-17)8-9-5-6-12(19)13(20)7-9/h1-8H/b14-8-. The summed E-state index contributed by atoms with van der Waals surface area (Å²) in [5, 5.41) is 9.61. The highest BCUT2D eigenvalue weighted by Gasteiger charge is 2.16. The van der Waals surface area contributed by atoms with Gasteiger partial charge in [-0.1, -0.05) is 64.3 Å².